The number of nitro groups is 1. The van der Waals surface area contributed by atoms with Gasteiger partial charge in [-0.1, -0.05) is 12.1 Å². The van der Waals surface area contributed by atoms with Gasteiger partial charge >= 0.3 is 5.97 Å². The Morgan fingerprint density at radius 1 is 1.41 bits per heavy atom. The highest BCUT2D eigenvalue weighted by atomic mass is 16.6. The van der Waals surface area contributed by atoms with Crippen LogP contribution in [0.25, 0.3) is 0 Å². The molecule has 0 amide bonds. The Morgan fingerprint density at radius 3 is 2.81 bits per heavy atom. The van der Waals surface area contributed by atoms with Gasteiger partial charge in [-0.3, -0.25) is 10.1 Å². The minimum atomic E-state index is -0.743. The second-order valence-electron chi connectivity index (χ2n) is 6.50. The molecule has 2 heterocycles. The highest BCUT2D eigenvalue weighted by Gasteiger charge is 2.26. The first-order valence-corrected chi connectivity index (χ1v) is 9.06. The molecule has 9 nitrogen and oxygen atoms in total. The molecule has 1 atom stereocenters. The monoisotopic (exact) mass is 374 g/mol. The number of carbonyl (C=O) groups excluding carboxylic acids is 1. The lowest BCUT2D eigenvalue weighted by Crippen LogP contribution is -2.19. The van der Waals surface area contributed by atoms with E-state index in [2.05, 4.69) is 10.1 Å². The van der Waals surface area contributed by atoms with Gasteiger partial charge in [-0.2, -0.15) is 4.98 Å². The van der Waals surface area contributed by atoms with Crippen LogP contribution < -0.4 is 4.90 Å². The minimum Gasteiger partial charge on any atom is -0.449 e. The van der Waals surface area contributed by atoms with Crippen molar-refractivity contribution >= 4 is 17.3 Å². The summed E-state index contributed by atoms with van der Waals surface area (Å²) in [5, 5.41) is 15.3. The van der Waals surface area contributed by atoms with Crippen LogP contribution in [-0.4, -0.2) is 34.1 Å². The maximum Gasteiger partial charge on any atom is 0.339 e. The minimum absolute atomic E-state index is 0.0953. The molecule has 144 valence electrons. The van der Waals surface area contributed by atoms with Crippen molar-refractivity contribution in [1.82, 2.24) is 10.1 Å². The van der Waals surface area contributed by atoms with Gasteiger partial charge in [0.2, 0.25) is 0 Å². The number of hydrogen-bond donors (Lipinski definition) is 0. The highest BCUT2D eigenvalue weighted by Crippen LogP contribution is 2.32. The van der Waals surface area contributed by atoms with E-state index in [-0.39, 0.29) is 17.1 Å². The molecule has 1 aromatic carbocycles. The van der Waals surface area contributed by atoms with Gasteiger partial charge in [0.15, 0.2) is 11.9 Å². The van der Waals surface area contributed by atoms with Crippen LogP contribution in [0.4, 0.5) is 11.4 Å². The van der Waals surface area contributed by atoms with Crippen molar-refractivity contribution in [3.05, 3.63) is 45.6 Å². The maximum absolute atomic E-state index is 12.4. The zero-order chi connectivity index (χ0) is 19.4. The molecule has 1 aliphatic rings. The highest BCUT2D eigenvalue weighted by molar-refractivity contribution is 5.91. The maximum atomic E-state index is 12.4. The lowest BCUT2D eigenvalue weighted by Gasteiger charge is -2.18. The van der Waals surface area contributed by atoms with E-state index in [4.69, 9.17) is 9.26 Å². The van der Waals surface area contributed by atoms with E-state index in [0.717, 1.165) is 32.4 Å². The van der Waals surface area contributed by atoms with Crippen LogP contribution in [0.15, 0.2) is 22.7 Å². The molecule has 27 heavy (non-hydrogen) atoms. The summed E-state index contributed by atoms with van der Waals surface area (Å²) in [7, 11) is 0. The van der Waals surface area contributed by atoms with Crippen molar-refractivity contribution in [3.63, 3.8) is 0 Å². The molecule has 0 saturated carbocycles. The van der Waals surface area contributed by atoms with Crippen molar-refractivity contribution in [1.29, 1.82) is 0 Å². The molecular weight excluding hydrogens is 352 g/mol. The van der Waals surface area contributed by atoms with E-state index in [1.165, 1.54) is 6.07 Å². The number of aromatic nitrogens is 2. The molecule has 9 heteroatoms. The van der Waals surface area contributed by atoms with Gasteiger partial charge in [-0.25, -0.2) is 4.79 Å². The summed E-state index contributed by atoms with van der Waals surface area (Å²) in [4.78, 5) is 29.6. The predicted molar refractivity (Wildman–Crippen MR) is 96.7 cm³/mol. The third kappa shape index (κ3) is 4.24. The topological polar surface area (TPSA) is 112 Å². The predicted octanol–water partition coefficient (Wildman–Crippen LogP) is 3.45. The summed E-state index contributed by atoms with van der Waals surface area (Å²) < 4.78 is 10.5. The third-order valence-corrected chi connectivity index (χ3v) is 4.44. The number of hydrogen-bond acceptors (Lipinski definition) is 8. The largest absolute Gasteiger partial charge is 0.449 e. The van der Waals surface area contributed by atoms with E-state index in [9.17, 15) is 14.9 Å². The van der Waals surface area contributed by atoms with Crippen LogP contribution in [0, 0.1) is 10.1 Å². The van der Waals surface area contributed by atoms with Crippen molar-refractivity contribution in [2.45, 2.75) is 45.6 Å². The van der Waals surface area contributed by atoms with Crippen LogP contribution in [0.3, 0.4) is 0 Å². The molecule has 0 bridgehead atoms. The fraction of sp³-hybridized carbons (Fsp3) is 0.500. The normalized spacial score (nSPS) is 15.0. The Kier molecular flexibility index (Phi) is 5.68. The smallest absolute Gasteiger partial charge is 0.339 e. The Morgan fingerprint density at radius 2 is 2.15 bits per heavy atom. The van der Waals surface area contributed by atoms with E-state index in [1.807, 2.05) is 11.8 Å². The van der Waals surface area contributed by atoms with Crippen LogP contribution >= 0.6 is 0 Å². The first-order chi connectivity index (χ1) is 13.0. The van der Waals surface area contributed by atoms with Crippen molar-refractivity contribution in [2.75, 3.05) is 18.0 Å². The van der Waals surface area contributed by atoms with Crippen LogP contribution in [0.2, 0.25) is 0 Å². The summed E-state index contributed by atoms with van der Waals surface area (Å²) in [6, 6.07) is 4.42. The molecule has 1 aromatic heterocycles. The number of nitro benzene ring substituents is 1. The molecule has 0 radical (unpaired) electrons. The van der Waals surface area contributed by atoms with E-state index in [1.54, 1.807) is 19.1 Å². The number of rotatable bonds is 7. The van der Waals surface area contributed by atoms with Gasteiger partial charge < -0.3 is 14.2 Å². The fourth-order valence-electron chi connectivity index (χ4n) is 3.06. The average Bonchev–Trinajstić information content (AvgIpc) is 3.33. The zero-order valence-electron chi connectivity index (χ0n) is 15.4. The first-order valence-electron chi connectivity index (χ1n) is 9.06. The quantitative estimate of drug-likeness (QED) is 0.411. The lowest BCUT2D eigenvalue weighted by atomic mass is 10.1. The summed E-state index contributed by atoms with van der Waals surface area (Å²) in [6.07, 6.45) is 2.81. The number of nitrogens with zero attached hydrogens (tertiary/aromatic N) is 4. The van der Waals surface area contributed by atoms with Gasteiger partial charge in [0.25, 0.3) is 11.6 Å². The van der Waals surface area contributed by atoms with E-state index >= 15 is 0 Å². The molecule has 1 unspecified atom stereocenters. The van der Waals surface area contributed by atoms with E-state index < -0.39 is 17.0 Å². The Labute approximate surface area is 156 Å². The molecule has 3 rings (SSSR count). The number of carbonyl (C=O) groups is 1. The molecule has 0 spiro atoms. The number of benzene rings is 1. The van der Waals surface area contributed by atoms with Crippen molar-refractivity contribution in [3.8, 4) is 0 Å². The summed E-state index contributed by atoms with van der Waals surface area (Å²) in [5.41, 5.74) is 0.551. The number of esters is 1. The van der Waals surface area contributed by atoms with Gasteiger partial charge in [0.05, 0.1) is 10.5 Å². The third-order valence-electron chi connectivity index (χ3n) is 4.44. The second kappa shape index (κ2) is 8.15. The molecule has 1 saturated heterocycles. The number of ether oxygens (including phenoxy) is 1. The zero-order valence-corrected chi connectivity index (χ0v) is 15.4. The van der Waals surface area contributed by atoms with Gasteiger partial charge in [-0.05, 0) is 38.3 Å². The van der Waals surface area contributed by atoms with Gasteiger partial charge in [0.1, 0.15) is 5.69 Å². The van der Waals surface area contributed by atoms with Crippen molar-refractivity contribution in [2.24, 2.45) is 0 Å². The summed E-state index contributed by atoms with van der Waals surface area (Å²) in [5.74, 6) is 0.0878. The van der Waals surface area contributed by atoms with Crippen molar-refractivity contribution < 1.29 is 19.0 Å². The number of anilines is 1. The molecule has 1 fully saturated rings. The second-order valence-corrected chi connectivity index (χ2v) is 6.50. The summed E-state index contributed by atoms with van der Waals surface area (Å²) >= 11 is 0. The van der Waals surface area contributed by atoms with Crippen LogP contribution in [0.5, 0.6) is 0 Å². The standard InChI is InChI=1S/C18H22N4O5/c1-3-6-16-19-17(27-20-16)12(2)26-18(23)13-7-8-14(15(11-13)22(24)25)21-9-4-5-10-21/h7-8,11-12H,3-6,9-10H2,1-2H3. The number of aryl methyl sites for hydroxylation is 1. The lowest BCUT2D eigenvalue weighted by molar-refractivity contribution is -0.384. The first kappa shape index (κ1) is 18.8. The van der Waals surface area contributed by atoms with Gasteiger partial charge in [0, 0.05) is 25.6 Å². The van der Waals surface area contributed by atoms with Crippen LogP contribution in [-0.2, 0) is 11.2 Å². The Hall–Kier alpha value is -2.97. The Balaban J connectivity index is 1.75. The molecule has 0 aliphatic carbocycles. The van der Waals surface area contributed by atoms with Gasteiger partial charge in [-0.15, -0.1) is 0 Å². The molecular formula is C18H22N4O5. The summed E-state index contributed by atoms with van der Waals surface area (Å²) in [6.45, 7) is 5.17. The molecule has 2 aromatic rings. The van der Waals surface area contributed by atoms with E-state index in [0.29, 0.717) is 17.9 Å². The average molecular weight is 374 g/mol. The molecule has 1 aliphatic heterocycles. The fourth-order valence-corrected chi connectivity index (χ4v) is 3.06. The molecule has 0 N–H and O–H groups in total. The van der Waals surface area contributed by atoms with Crippen LogP contribution in [0.1, 0.15) is 61.3 Å². The SMILES string of the molecule is CCCc1noc(C(C)OC(=O)c2ccc(N3CCCC3)c([N+](=O)[O-])c2)n1. The Bertz CT molecular complexity index is 829.